The molecule has 8 heteroatoms. The number of thiazole rings is 1. The van der Waals surface area contributed by atoms with Gasteiger partial charge in [-0.05, 0) is 49.1 Å². The number of hydrogen-bond acceptors (Lipinski definition) is 7. The predicted molar refractivity (Wildman–Crippen MR) is 113 cm³/mol. The molecule has 3 aromatic rings. The largest absolute Gasteiger partial charge is 0.508 e. The van der Waals surface area contributed by atoms with Crippen molar-refractivity contribution in [3.63, 3.8) is 0 Å². The molecule has 0 fully saturated rings. The average molecular weight is 427 g/mol. The second-order valence-corrected chi connectivity index (χ2v) is 8.40. The molecule has 1 atom stereocenters. The highest BCUT2D eigenvalue weighted by atomic mass is 32.1. The van der Waals surface area contributed by atoms with E-state index in [0.717, 1.165) is 10.4 Å². The van der Waals surface area contributed by atoms with Crippen LogP contribution in [-0.4, -0.2) is 22.2 Å². The minimum absolute atomic E-state index is 0.163. The van der Waals surface area contributed by atoms with Gasteiger partial charge in [-0.15, -0.1) is 11.3 Å². The Kier molecular flexibility index (Phi) is 5.21. The Bertz CT molecular complexity index is 1270. The molecule has 3 heterocycles. The summed E-state index contributed by atoms with van der Waals surface area (Å²) in [7, 11) is 0. The number of phenols is 1. The quantitative estimate of drug-likeness (QED) is 0.650. The van der Waals surface area contributed by atoms with E-state index in [0.29, 0.717) is 20.6 Å². The van der Waals surface area contributed by atoms with Crippen LogP contribution >= 0.6 is 22.7 Å². The van der Waals surface area contributed by atoms with Crippen LogP contribution in [0, 0.1) is 0 Å². The Morgan fingerprint density at radius 3 is 2.72 bits per heavy atom. The zero-order valence-corrected chi connectivity index (χ0v) is 17.4. The minimum Gasteiger partial charge on any atom is -0.508 e. The van der Waals surface area contributed by atoms with E-state index < -0.39 is 12.0 Å². The van der Waals surface area contributed by atoms with Crippen molar-refractivity contribution in [2.45, 2.75) is 19.9 Å². The standard InChI is InChI=1S/C21H18N2O4S2/c1-3-27-20(26)17-12(2)22-21-23(18(17)15-5-4-10-28-15)19(25)16(29-21)11-13-6-8-14(24)9-7-13/h4-11,18,24H,3H2,1-2H3. The molecule has 0 bridgehead atoms. The lowest BCUT2D eigenvalue weighted by Crippen LogP contribution is -2.39. The molecule has 0 saturated carbocycles. The van der Waals surface area contributed by atoms with Gasteiger partial charge in [-0.3, -0.25) is 9.36 Å². The molecule has 1 aliphatic rings. The number of carbonyl (C=O) groups is 1. The van der Waals surface area contributed by atoms with E-state index in [1.54, 1.807) is 48.8 Å². The molecule has 148 valence electrons. The van der Waals surface area contributed by atoms with E-state index in [-0.39, 0.29) is 17.9 Å². The lowest BCUT2D eigenvalue weighted by molar-refractivity contribution is -0.139. The van der Waals surface area contributed by atoms with Gasteiger partial charge in [0.2, 0.25) is 0 Å². The second-order valence-electron chi connectivity index (χ2n) is 6.41. The molecule has 1 unspecified atom stereocenters. The SMILES string of the molecule is CCOC(=O)C1=C(C)N=c2sc(=Cc3ccc(O)cc3)c(=O)n2C1c1cccs1. The predicted octanol–water partition coefficient (Wildman–Crippen LogP) is 2.57. The molecule has 0 amide bonds. The van der Waals surface area contributed by atoms with Crippen LogP contribution < -0.4 is 14.9 Å². The van der Waals surface area contributed by atoms with Crippen LogP contribution in [0.1, 0.15) is 30.3 Å². The fourth-order valence-electron chi connectivity index (χ4n) is 3.23. The first kappa shape index (κ1) is 19.4. The van der Waals surface area contributed by atoms with Crippen LogP contribution in [0.2, 0.25) is 0 Å². The van der Waals surface area contributed by atoms with E-state index in [1.165, 1.54) is 22.7 Å². The first-order chi connectivity index (χ1) is 14.0. The Hall–Kier alpha value is -2.97. The minimum atomic E-state index is -0.563. The third kappa shape index (κ3) is 3.56. The van der Waals surface area contributed by atoms with Crippen molar-refractivity contribution in [3.8, 4) is 5.75 Å². The molecule has 0 spiro atoms. The van der Waals surface area contributed by atoms with Gasteiger partial charge < -0.3 is 9.84 Å². The Balaban J connectivity index is 1.93. The number of carbonyl (C=O) groups excluding carboxylic acids is 1. The molecule has 0 radical (unpaired) electrons. The zero-order chi connectivity index (χ0) is 20.5. The fourth-order valence-corrected chi connectivity index (χ4v) is 5.10. The van der Waals surface area contributed by atoms with E-state index in [9.17, 15) is 14.7 Å². The maximum absolute atomic E-state index is 13.3. The highest BCUT2D eigenvalue weighted by Crippen LogP contribution is 2.33. The maximum atomic E-state index is 13.3. The van der Waals surface area contributed by atoms with Crippen LogP contribution in [-0.2, 0) is 9.53 Å². The van der Waals surface area contributed by atoms with Crippen LogP contribution in [0.5, 0.6) is 5.75 Å². The van der Waals surface area contributed by atoms with Crippen LogP contribution in [0.3, 0.4) is 0 Å². The number of ether oxygens (including phenoxy) is 1. The first-order valence-electron chi connectivity index (χ1n) is 9.01. The van der Waals surface area contributed by atoms with Crippen molar-refractivity contribution in [3.05, 3.63) is 83.2 Å². The van der Waals surface area contributed by atoms with Crippen LogP contribution in [0.25, 0.3) is 6.08 Å². The highest BCUT2D eigenvalue weighted by molar-refractivity contribution is 7.10. The third-order valence-electron chi connectivity index (χ3n) is 4.52. The van der Waals surface area contributed by atoms with Crippen molar-refractivity contribution in [1.82, 2.24) is 4.57 Å². The van der Waals surface area contributed by atoms with Crippen molar-refractivity contribution in [2.75, 3.05) is 6.61 Å². The number of fused-ring (bicyclic) bond motifs is 1. The lowest BCUT2D eigenvalue weighted by atomic mass is 10.0. The van der Waals surface area contributed by atoms with Gasteiger partial charge in [-0.1, -0.05) is 29.5 Å². The molecule has 6 nitrogen and oxygen atoms in total. The number of benzene rings is 1. The second kappa shape index (κ2) is 7.81. The normalized spacial score (nSPS) is 16.5. The van der Waals surface area contributed by atoms with E-state index in [1.807, 2.05) is 17.5 Å². The number of rotatable bonds is 4. The Morgan fingerprint density at radius 1 is 1.31 bits per heavy atom. The number of aromatic hydroxyl groups is 1. The molecule has 0 saturated heterocycles. The molecule has 1 aromatic carbocycles. The Labute approximate surface area is 174 Å². The van der Waals surface area contributed by atoms with Gasteiger partial charge in [0, 0.05) is 4.88 Å². The monoisotopic (exact) mass is 426 g/mol. The van der Waals surface area contributed by atoms with E-state index in [4.69, 9.17) is 4.74 Å². The van der Waals surface area contributed by atoms with Crippen LogP contribution in [0.4, 0.5) is 0 Å². The number of allylic oxidation sites excluding steroid dienone is 1. The summed E-state index contributed by atoms with van der Waals surface area (Å²) in [6, 6.07) is 9.85. The summed E-state index contributed by atoms with van der Waals surface area (Å²) in [6.45, 7) is 3.77. The molecule has 1 N–H and O–H groups in total. The number of thiophene rings is 1. The summed E-state index contributed by atoms with van der Waals surface area (Å²) in [4.78, 5) is 31.9. The average Bonchev–Trinajstić information content (AvgIpc) is 3.32. The van der Waals surface area contributed by atoms with Gasteiger partial charge in [0.1, 0.15) is 11.8 Å². The zero-order valence-electron chi connectivity index (χ0n) is 15.8. The number of esters is 1. The smallest absolute Gasteiger partial charge is 0.338 e. The van der Waals surface area contributed by atoms with Gasteiger partial charge in [-0.2, -0.15) is 0 Å². The van der Waals surface area contributed by atoms with Crippen molar-refractivity contribution >= 4 is 34.7 Å². The summed E-state index contributed by atoms with van der Waals surface area (Å²) in [6.07, 6.45) is 1.76. The summed E-state index contributed by atoms with van der Waals surface area (Å²) in [5.74, 6) is -0.295. The number of phenolic OH excluding ortho intramolecular Hbond substituents is 1. The van der Waals surface area contributed by atoms with Gasteiger partial charge in [0.15, 0.2) is 4.80 Å². The first-order valence-corrected chi connectivity index (χ1v) is 10.7. The van der Waals surface area contributed by atoms with Crippen LogP contribution in [0.15, 0.2) is 62.8 Å². The van der Waals surface area contributed by atoms with E-state index in [2.05, 4.69) is 4.99 Å². The molecular weight excluding hydrogens is 408 g/mol. The highest BCUT2D eigenvalue weighted by Gasteiger charge is 2.33. The summed E-state index contributed by atoms with van der Waals surface area (Å²) in [5, 5.41) is 11.4. The van der Waals surface area contributed by atoms with Crippen molar-refractivity contribution in [1.29, 1.82) is 0 Å². The summed E-state index contributed by atoms with van der Waals surface area (Å²) < 4.78 is 7.33. The topological polar surface area (TPSA) is 80.9 Å². The fraction of sp³-hybridized carbons (Fsp3) is 0.190. The molecule has 2 aromatic heterocycles. The molecular formula is C21H18N2O4S2. The summed E-state index contributed by atoms with van der Waals surface area (Å²) in [5.41, 5.74) is 1.52. The van der Waals surface area contributed by atoms with E-state index >= 15 is 0 Å². The lowest BCUT2D eigenvalue weighted by Gasteiger charge is -2.23. The molecule has 4 rings (SSSR count). The number of hydrogen-bond donors (Lipinski definition) is 1. The van der Waals surface area contributed by atoms with Crippen molar-refractivity contribution < 1.29 is 14.6 Å². The maximum Gasteiger partial charge on any atom is 0.338 e. The third-order valence-corrected chi connectivity index (χ3v) is 6.43. The molecule has 0 aliphatic carbocycles. The van der Waals surface area contributed by atoms with Gasteiger partial charge in [0.05, 0.1) is 22.4 Å². The van der Waals surface area contributed by atoms with Gasteiger partial charge >= 0.3 is 5.97 Å². The molecule has 29 heavy (non-hydrogen) atoms. The molecule has 1 aliphatic heterocycles. The van der Waals surface area contributed by atoms with Gasteiger partial charge in [-0.25, -0.2) is 9.79 Å². The number of nitrogens with zero attached hydrogens (tertiary/aromatic N) is 2. The van der Waals surface area contributed by atoms with Crippen molar-refractivity contribution in [2.24, 2.45) is 4.99 Å². The van der Waals surface area contributed by atoms with Gasteiger partial charge in [0.25, 0.3) is 5.56 Å². The Morgan fingerprint density at radius 2 is 2.07 bits per heavy atom. The number of aromatic nitrogens is 1. The summed E-state index contributed by atoms with van der Waals surface area (Å²) >= 11 is 2.76.